The SMILES string of the molecule is CCC[C@H](C(=O)O)[C@H](Cc1ccc(-c2ccc(C(C)(C)O)nc2)cc1)c1nn[nH]n1. The number of carboxylic acids is 1. The van der Waals surface area contributed by atoms with E-state index in [0.29, 0.717) is 24.4 Å². The van der Waals surface area contributed by atoms with Crippen molar-refractivity contribution in [3.05, 3.63) is 59.7 Å². The summed E-state index contributed by atoms with van der Waals surface area (Å²) in [5.74, 6) is -1.36. The molecule has 0 fully saturated rings. The third-order valence-electron chi connectivity index (χ3n) is 5.23. The molecule has 2 aromatic heterocycles. The maximum absolute atomic E-state index is 11.8. The molecule has 0 aliphatic heterocycles. The van der Waals surface area contributed by atoms with Crippen LogP contribution in [-0.2, 0) is 16.8 Å². The summed E-state index contributed by atoms with van der Waals surface area (Å²) in [6, 6.07) is 11.7. The number of carbonyl (C=O) groups is 1. The number of hydrogen-bond acceptors (Lipinski definition) is 6. The summed E-state index contributed by atoms with van der Waals surface area (Å²) in [6.07, 6.45) is 3.56. The van der Waals surface area contributed by atoms with E-state index in [2.05, 4.69) is 25.6 Å². The molecule has 0 aliphatic carbocycles. The Morgan fingerprint density at radius 1 is 1.13 bits per heavy atom. The Hall–Kier alpha value is -3.13. The average molecular weight is 409 g/mol. The Kier molecular flexibility index (Phi) is 6.56. The fourth-order valence-corrected chi connectivity index (χ4v) is 3.56. The van der Waals surface area contributed by atoms with Gasteiger partial charge in [0, 0.05) is 17.7 Å². The predicted molar refractivity (Wildman–Crippen MR) is 112 cm³/mol. The first kappa shape index (κ1) is 21.6. The van der Waals surface area contributed by atoms with Crippen molar-refractivity contribution >= 4 is 5.97 Å². The van der Waals surface area contributed by atoms with E-state index in [1.54, 1.807) is 20.0 Å². The summed E-state index contributed by atoms with van der Waals surface area (Å²) >= 11 is 0. The first-order valence-corrected chi connectivity index (χ1v) is 10.0. The highest BCUT2D eigenvalue weighted by Crippen LogP contribution is 2.31. The largest absolute Gasteiger partial charge is 0.481 e. The lowest BCUT2D eigenvalue weighted by Gasteiger charge is -2.21. The molecule has 0 saturated carbocycles. The fourth-order valence-electron chi connectivity index (χ4n) is 3.56. The van der Waals surface area contributed by atoms with Crippen LogP contribution in [-0.4, -0.2) is 41.8 Å². The van der Waals surface area contributed by atoms with Crippen molar-refractivity contribution in [3.8, 4) is 11.1 Å². The van der Waals surface area contributed by atoms with E-state index in [-0.39, 0.29) is 5.92 Å². The number of aliphatic carboxylic acids is 1. The van der Waals surface area contributed by atoms with Crippen LogP contribution in [0.15, 0.2) is 42.6 Å². The Labute approximate surface area is 175 Å². The number of carboxylic acid groups (broad SMARTS) is 1. The zero-order chi connectivity index (χ0) is 21.7. The number of H-pyrrole nitrogens is 1. The second-order valence-corrected chi connectivity index (χ2v) is 8.00. The fraction of sp³-hybridized carbons (Fsp3) is 0.409. The quantitative estimate of drug-likeness (QED) is 0.495. The van der Waals surface area contributed by atoms with E-state index in [9.17, 15) is 15.0 Å². The minimum absolute atomic E-state index is 0.361. The second-order valence-electron chi connectivity index (χ2n) is 8.00. The molecule has 8 heteroatoms. The molecule has 0 aliphatic rings. The number of pyridine rings is 1. The second kappa shape index (κ2) is 9.13. The Balaban J connectivity index is 1.81. The van der Waals surface area contributed by atoms with Crippen LogP contribution in [0.4, 0.5) is 0 Å². The topological polar surface area (TPSA) is 125 Å². The lowest BCUT2D eigenvalue weighted by Crippen LogP contribution is -2.25. The molecule has 1 aromatic carbocycles. The van der Waals surface area contributed by atoms with Crippen molar-refractivity contribution in [1.82, 2.24) is 25.6 Å². The monoisotopic (exact) mass is 409 g/mol. The van der Waals surface area contributed by atoms with Gasteiger partial charge in [0.05, 0.1) is 11.6 Å². The number of nitrogens with one attached hydrogen (secondary N) is 1. The molecule has 3 aromatic rings. The number of tetrazole rings is 1. The molecule has 3 rings (SSSR count). The van der Waals surface area contributed by atoms with E-state index in [0.717, 1.165) is 23.1 Å². The standard InChI is InChI=1S/C22H27N5O3/c1-4-5-17(21(28)29)18(20-24-26-27-25-20)12-14-6-8-15(9-7-14)16-10-11-19(23-13-16)22(2,3)30/h6-11,13,17-18,30H,4-5,12H2,1-3H3,(H,28,29)(H,24,25,26,27)/t17-,18-/m0/s1. The van der Waals surface area contributed by atoms with Crippen LogP contribution in [0.25, 0.3) is 11.1 Å². The molecule has 0 radical (unpaired) electrons. The maximum Gasteiger partial charge on any atom is 0.307 e. The third-order valence-corrected chi connectivity index (χ3v) is 5.23. The highest BCUT2D eigenvalue weighted by Gasteiger charge is 2.32. The Bertz CT molecular complexity index is 948. The number of benzene rings is 1. The average Bonchev–Trinajstić information content (AvgIpc) is 3.25. The van der Waals surface area contributed by atoms with Gasteiger partial charge in [-0.05, 0) is 43.9 Å². The van der Waals surface area contributed by atoms with Gasteiger partial charge in [0.2, 0.25) is 0 Å². The van der Waals surface area contributed by atoms with Crippen LogP contribution in [0, 0.1) is 5.92 Å². The third kappa shape index (κ3) is 5.07. The highest BCUT2D eigenvalue weighted by atomic mass is 16.4. The molecule has 0 bridgehead atoms. The van der Waals surface area contributed by atoms with Gasteiger partial charge in [-0.2, -0.15) is 5.21 Å². The lowest BCUT2D eigenvalue weighted by atomic mass is 9.83. The molecule has 0 amide bonds. The Morgan fingerprint density at radius 3 is 2.33 bits per heavy atom. The van der Waals surface area contributed by atoms with Gasteiger partial charge in [-0.15, -0.1) is 10.2 Å². The molecule has 0 unspecified atom stereocenters. The maximum atomic E-state index is 11.8. The van der Waals surface area contributed by atoms with Crippen molar-refractivity contribution in [2.24, 2.45) is 5.92 Å². The van der Waals surface area contributed by atoms with Gasteiger partial charge in [-0.25, -0.2) is 0 Å². The summed E-state index contributed by atoms with van der Waals surface area (Å²) in [7, 11) is 0. The molecule has 3 N–H and O–H groups in total. The van der Waals surface area contributed by atoms with Gasteiger partial charge < -0.3 is 10.2 Å². The van der Waals surface area contributed by atoms with Crippen molar-refractivity contribution in [1.29, 1.82) is 0 Å². The van der Waals surface area contributed by atoms with Crippen molar-refractivity contribution in [3.63, 3.8) is 0 Å². The van der Waals surface area contributed by atoms with Gasteiger partial charge in [0.15, 0.2) is 5.82 Å². The summed E-state index contributed by atoms with van der Waals surface area (Å²) in [5.41, 5.74) is 2.57. The number of hydrogen-bond donors (Lipinski definition) is 3. The van der Waals surface area contributed by atoms with Crippen molar-refractivity contribution in [2.75, 3.05) is 0 Å². The van der Waals surface area contributed by atoms with Crippen LogP contribution >= 0.6 is 0 Å². The zero-order valence-electron chi connectivity index (χ0n) is 17.4. The summed E-state index contributed by atoms with van der Waals surface area (Å²) in [6.45, 7) is 5.37. The molecule has 0 saturated heterocycles. The molecular weight excluding hydrogens is 382 g/mol. The number of nitrogens with zero attached hydrogens (tertiary/aromatic N) is 4. The molecule has 2 atom stereocenters. The Morgan fingerprint density at radius 2 is 1.83 bits per heavy atom. The minimum atomic E-state index is -0.980. The number of aromatic amines is 1. The van der Waals surface area contributed by atoms with Crippen LogP contribution in [0.3, 0.4) is 0 Å². The van der Waals surface area contributed by atoms with Gasteiger partial charge in [0.25, 0.3) is 0 Å². The van der Waals surface area contributed by atoms with Crippen LogP contribution < -0.4 is 0 Å². The molecule has 2 heterocycles. The summed E-state index contributed by atoms with van der Waals surface area (Å²) in [5, 5.41) is 33.9. The van der Waals surface area contributed by atoms with Gasteiger partial charge >= 0.3 is 5.97 Å². The first-order chi connectivity index (χ1) is 14.3. The molecule has 8 nitrogen and oxygen atoms in total. The molecule has 158 valence electrons. The van der Waals surface area contributed by atoms with Crippen LogP contribution in [0.5, 0.6) is 0 Å². The normalized spacial score (nSPS) is 13.7. The molecule has 0 spiro atoms. The first-order valence-electron chi connectivity index (χ1n) is 10.0. The molecular formula is C22H27N5O3. The summed E-state index contributed by atoms with van der Waals surface area (Å²) < 4.78 is 0. The van der Waals surface area contributed by atoms with Crippen LogP contribution in [0.1, 0.15) is 56.6 Å². The summed E-state index contributed by atoms with van der Waals surface area (Å²) in [4.78, 5) is 16.2. The number of aromatic nitrogens is 5. The molecule has 30 heavy (non-hydrogen) atoms. The van der Waals surface area contributed by atoms with E-state index in [4.69, 9.17) is 0 Å². The van der Waals surface area contributed by atoms with E-state index >= 15 is 0 Å². The lowest BCUT2D eigenvalue weighted by molar-refractivity contribution is -0.143. The van der Waals surface area contributed by atoms with Crippen molar-refractivity contribution < 1.29 is 15.0 Å². The van der Waals surface area contributed by atoms with E-state index in [1.807, 2.05) is 43.3 Å². The van der Waals surface area contributed by atoms with Gasteiger partial charge in [-0.3, -0.25) is 9.78 Å². The van der Waals surface area contributed by atoms with Crippen molar-refractivity contribution in [2.45, 2.75) is 51.6 Å². The zero-order valence-corrected chi connectivity index (χ0v) is 17.4. The van der Waals surface area contributed by atoms with Gasteiger partial charge in [0.1, 0.15) is 5.60 Å². The van der Waals surface area contributed by atoms with E-state index < -0.39 is 17.5 Å². The van der Waals surface area contributed by atoms with Gasteiger partial charge in [-0.1, -0.05) is 48.9 Å². The van der Waals surface area contributed by atoms with Crippen LogP contribution in [0.2, 0.25) is 0 Å². The van der Waals surface area contributed by atoms with E-state index in [1.165, 1.54) is 0 Å². The minimum Gasteiger partial charge on any atom is -0.481 e. The number of aliphatic hydroxyl groups is 1. The smallest absolute Gasteiger partial charge is 0.307 e. The number of rotatable bonds is 9. The highest BCUT2D eigenvalue weighted by molar-refractivity contribution is 5.71. The predicted octanol–water partition coefficient (Wildman–Crippen LogP) is 3.32.